The number of nitrogen functional groups attached to an aromatic ring is 1. The van der Waals surface area contributed by atoms with Gasteiger partial charge in [-0.2, -0.15) is 0 Å². The van der Waals surface area contributed by atoms with Crippen LogP contribution in [0, 0.1) is 0 Å². The van der Waals surface area contributed by atoms with E-state index < -0.39 is 0 Å². The average Bonchev–Trinajstić information content (AvgIpc) is 3.07. The van der Waals surface area contributed by atoms with Gasteiger partial charge in [0.1, 0.15) is 5.52 Å². The Morgan fingerprint density at radius 2 is 2.29 bits per heavy atom. The standard InChI is InChI=1S/C13H17N3O/c1-2-16(10-4-5-10)8-13-15-11-7-9(14)3-6-12(11)17-13/h3,6-7,10H,2,4-5,8,14H2,1H3. The van der Waals surface area contributed by atoms with E-state index in [9.17, 15) is 0 Å². The summed E-state index contributed by atoms with van der Waals surface area (Å²) < 4.78 is 5.72. The monoisotopic (exact) mass is 231 g/mol. The second-order valence-corrected chi connectivity index (χ2v) is 4.63. The first kappa shape index (κ1) is 10.6. The van der Waals surface area contributed by atoms with E-state index in [2.05, 4.69) is 16.8 Å². The Morgan fingerprint density at radius 1 is 1.47 bits per heavy atom. The lowest BCUT2D eigenvalue weighted by atomic mass is 10.3. The van der Waals surface area contributed by atoms with Crippen LogP contribution in [0.25, 0.3) is 11.1 Å². The molecule has 1 heterocycles. The molecule has 4 nitrogen and oxygen atoms in total. The summed E-state index contributed by atoms with van der Waals surface area (Å²) in [5.41, 5.74) is 8.13. The molecule has 1 aromatic heterocycles. The first-order valence-electron chi connectivity index (χ1n) is 6.15. The van der Waals surface area contributed by atoms with Gasteiger partial charge in [0.25, 0.3) is 0 Å². The van der Waals surface area contributed by atoms with E-state index in [4.69, 9.17) is 10.2 Å². The van der Waals surface area contributed by atoms with Gasteiger partial charge in [-0.05, 0) is 37.6 Å². The van der Waals surface area contributed by atoms with E-state index in [0.717, 1.165) is 41.8 Å². The van der Waals surface area contributed by atoms with Crippen LogP contribution in [0.2, 0.25) is 0 Å². The molecule has 0 amide bonds. The van der Waals surface area contributed by atoms with E-state index in [-0.39, 0.29) is 0 Å². The van der Waals surface area contributed by atoms with Crippen LogP contribution in [-0.4, -0.2) is 22.5 Å². The summed E-state index contributed by atoms with van der Waals surface area (Å²) in [4.78, 5) is 6.89. The Hall–Kier alpha value is -1.55. The molecule has 0 saturated heterocycles. The molecular formula is C13H17N3O. The molecule has 17 heavy (non-hydrogen) atoms. The summed E-state index contributed by atoms with van der Waals surface area (Å²) in [5, 5.41) is 0. The number of hydrogen-bond acceptors (Lipinski definition) is 4. The second-order valence-electron chi connectivity index (χ2n) is 4.63. The van der Waals surface area contributed by atoms with Crippen molar-refractivity contribution in [2.24, 2.45) is 0 Å². The number of nitrogens with two attached hydrogens (primary N) is 1. The zero-order valence-electron chi connectivity index (χ0n) is 10.0. The van der Waals surface area contributed by atoms with Gasteiger partial charge in [0.2, 0.25) is 5.89 Å². The zero-order chi connectivity index (χ0) is 11.8. The molecule has 1 aliphatic rings. The fraction of sp³-hybridized carbons (Fsp3) is 0.462. The number of hydrogen-bond donors (Lipinski definition) is 1. The minimum atomic E-state index is 0.729. The maximum absolute atomic E-state index is 5.73. The van der Waals surface area contributed by atoms with E-state index in [1.165, 1.54) is 12.8 Å². The van der Waals surface area contributed by atoms with Crippen LogP contribution in [0.5, 0.6) is 0 Å². The molecule has 0 atom stereocenters. The lowest BCUT2D eigenvalue weighted by Gasteiger charge is -2.16. The van der Waals surface area contributed by atoms with Crippen molar-refractivity contribution in [1.29, 1.82) is 0 Å². The summed E-state index contributed by atoms with van der Waals surface area (Å²) in [5.74, 6) is 0.791. The Bertz CT molecular complexity index is 530. The summed E-state index contributed by atoms with van der Waals surface area (Å²) in [6.07, 6.45) is 2.61. The molecule has 1 aliphatic carbocycles. The van der Waals surface area contributed by atoms with Crippen LogP contribution in [0.15, 0.2) is 22.6 Å². The summed E-state index contributed by atoms with van der Waals surface area (Å²) in [6, 6.07) is 6.32. The zero-order valence-corrected chi connectivity index (χ0v) is 10.0. The van der Waals surface area contributed by atoms with Gasteiger partial charge in [-0.1, -0.05) is 6.92 Å². The molecule has 0 aliphatic heterocycles. The lowest BCUT2D eigenvalue weighted by molar-refractivity contribution is 0.243. The van der Waals surface area contributed by atoms with Crippen LogP contribution < -0.4 is 5.73 Å². The average molecular weight is 231 g/mol. The smallest absolute Gasteiger partial charge is 0.209 e. The first-order valence-corrected chi connectivity index (χ1v) is 6.15. The number of anilines is 1. The first-order chi connectivity index (χ1) is 8.26. The van der Waals surface area contributed by atoms with Crippen molar-refractivity contribution in [2.75, 3.05) is 12.3 Å². The van der Waals surface area contributed by atoms with Crippen LogP contribution in [-0.2, 0) is 6.54 Å². The third kappa shape index (κ3) is 2.13. The van der Waals surface area contributed by atoms with E-state index in [1.54, 1.807) is 0 Å². The van der Waals surface area contributed by atoms with Crippen molar-refractivity contribution in [2.45, 2.75) is 32.4 Å². The van der Waals surface area contributed by atoms with Crippen molar-refractivity contribution < 1.29 is 4.42 Å². The number of benzene rings is 1. The predicted molar refractivity (Wildman–Crippen MR) is 67.5 cm³/mol. The predicted octanol–water partition coefficient (Wildman–Crippen LogP) is 2.39. The summed E-state index contributed by atoms with van der Waals surface area (Å²) >= 11 is 0. The third-order valence-corrected chi connectivity index (χ3v) is 3.26. The lowest BCUT2D eigenvalue weighted by Crippen LogP contribution is -2.25. The fourth-order valence-electron chi connectivity index (χ4n) is 2.17. The molecule has 0 radical (unpaired) electrons. The molecule has 0 spiro atoms. The van der Waals surface area contributed by atoms with Gasteiger partial charge < -0.3 is 10.2 Å². The normalized spacial score (nSPS) is 15.9. The largest absolute Gasteiger partial charge is 0.439 e. The molecule has 2 N–H and O–H groups in total. The number of rotatable bonds is 4. The van der Waals surface area contributed by atoms with E-state index in [1.807, 2.05) is 18.2 Å². The van der Waals surface area contributed by atoms with Crippen molar-refractivity contribution in [3.05, 3.63) is 24.1 Å². The van der Waals surface area contributed by atoms with Gasteiger partial charge in [0.05, 0.1) is 6.54 Å². The van der Waals surface area contributed by atoms with Crippen molar-refractivity contribution in [3.63, 3.8) is 0 Å². The van der Waals surface area contributed by atoms with E-state index >= 15 is 0 Å². The molecule has 90 valence electrons. The summed E-state index contributed by atoms with van der Waals surface area (Å²) in [6.45, 7) is 4.03. The van der Waals surface area contributed by atoms with Gasteiger partial charge in [0.15, 0.2) is 5.58 Å². The topological polar surface area (TPSA) is 55.3 Å². The number of oxazole rings is 1. The minimum Gasteiger partial charge on any atom is -0.439 e. The number of nitrogens with zero attached hydrogens (tertiary/aromatic N) is 2. The molecule has 0 bridgehead atoms. The van der Waals surface area contributed by atoms with Crippen LogP contribution in [0.3, 0.4) is 0 Å². The van der Waals surface area contributed by atoms with Gasteiger partial charge >= 0.3 is 0 Å². The highest BCUT2D eigenvalue weighted by Gasteiger charge is 2.28. The van der Waals surface area contributed by atoms with Gasteiger partial charge in [-0.15, -0.1) is 0 Å². The fourth-order valence-corrected chi connectivity index (χ4v) is 2.17. The highest BCUT2D eigenvalue weighted by molar-refractivity contribution is 5.76. The van der Waals surface area contributed by atoms with Crippen LogP contribution in [0.1, 0.15) is 25.7 Å². The summed E-state index contributed by atoms with van der Waals surface area (Å²) in [7, 11) is 0. The van der Waals surface area contributed by atoms with Gasteiger partial charge in [0, 0.05) is 11.7 Å². The molecule has 4 heteroatoms. The van der Waals surface area contributed by atoms with Gasteiger partial charge in [-0.3, -0.25) is 4.90 Å². The Kier molecular flexibility index (Phi) is 2.52. The Morgan fingerprint density at radius 3 is 3.00 bits per heavy atom. The SMILES string of the molecule is CCN(Cc1nc2cc(N)ccc2o1)C1CC1. The van der Waals surface area contributed by atoms with Crippen molar-refractivity contribution in [3.8, 4) is 0 Å². The van der Waals surface area contributed by atoms with Crippen LogP contribution in [0.4, 0.5) is 5.69 Å². The van der Waals surface area contributed by atoms with Gasteiger partial charge in [-0.25, -0.2) is 4.98 Å². The third-order valence-electron chi connectivity index (χ3n) is 3.26. The molecule has 1 aromatic carbocycles. The molecule has 1 fully saturated rings. The molecule has 1 saturated carbocycles. The number of aromatic nitrogens is 1. The molecule has 0 unspecified atom stereocenters. The van der Waals surface area contributed by atoms with E-state index in [0.29, 0.717) is 0 Å². The number of fused-ring (bicyclic) bond motifs is 1. The quantitative estimate of drug-likeness (QED) is 0.821. The van der Waals surface area contributed by atoms with Crippen molar-refractivity contribution >= 4 is 16.8 Å². The molecule has 3 rings (SSSR count). The maximum atomic E-state index is 5.73. The Labute approximate surface area is 100 Å². The minimum absolute atomic E-state index is 0.729. The molecule has 2 aromatic rings. The maximum Gasteiger partial charge on any atom is 0.209 e. The molecular weight excluding hydrogens is 214 g/mol. The Balaban J connectivity index is 1.84. The second kappa shape index (κ2) is 4.04. The van der Waals surface area contributed by atoms with Crippen LogP contribution >= 0.6 is 0 Å². The van der Waals surface area contributed by atoms with Crippen molar-refractivity contribution in [1.82, 2.24) is 9.88 Å². The highest BCUT2D eigenvalue weighted by Crippen LogP contribution is 2.28. The highest BCUT2D eigenvalue weighted by atomic mass is 16.3.